The Hall–Kier alpha value is -3.75. The van der Waals surface area contributed by atoms with Gasteiger partial charge in [0.05, 0.1) is 30.1 Å². The predicted molar refractivity (Wildman–Crippen MR) is 171 cm³/mol. The second kappa shape index (κ2) is 12.0. The van der Waals surface area contributed by atoms with Gasteiger partial charge in [-0.1, -0.05) is 67.6 Å². The van der Waals surface area contributed by atoms with Crippen molar-refractivity contribution in [3.05, 3.63) is 91.5 Å². The lowest BCUT2D eigenvalue weighted by atomic mass is 9.64. The van der Waals surface area contributed by atoms with Gasteiger partial charge in [-0.3, -0.25) is 14.4 Å². The van der Waals surface area contributed by atoms with E-state index in [0.717, 1.165) is 0 Å². The summed E-state index contributed by atoms with van der Waals surface area (Å²) in [4.78, 5) is 49.4. The average molecular weight is 600 g/mol. The van der Waals surface area contributed by atoms with E-state index in [2.05, 4.69) is 13.2 Å². The van der Waals surface area contributed by atoms with Gasteiger partial charge in [-0.15, -0.1) is 13.2 Å². The monoisotopic (exact) mass is 599 g/mol. The highest BCUT2D eigenvalue weighted by atomic mass is 16.5. The van der Waals surface area contributed by atoms with Gasteiger partial charge in [0.1, 0.15) is 11.6 Å². The smallest absolute Gasteiger partial charge is 0.249 e. The Bertz CT molecular complexity index is 1410. The lowest BCUT2D eigenvalue weighted by Crippen LogP contribution is -2.60. The summed E-state index contributed by atoms with van der Waals surface area (Å²) in [6.45, 7) is 15.8. The van der Waals surface area contributed by atoms with Crippen LogP contribution < -0.4 is 4.90 Å². The molecule has 2 bridgehead atoms. The number of carbonyl (C=O) groups excluding carboxylic acids is 3. The van der Waals surface area contributed by atoms with Crippen molar-refractivity contribution >= 4 is 23.4 Å². The van der Waals surface area contributed by atoms with Gasteiger partial charge >= 0.3 is 0 Å². The molecule has 5 rings (SSSR count). The summed E-state index contributed by atoms with van der Waals surface area (Å²) < 4.78 is 7.03. The van der Waals surface area contributed by atoms with Crippen molar-refractivity contribution in [2.24, 2.45) is 11.8 Å². The molecular weight excluding hydrogens is 554 g/mol. The number of para-hydroxylation sites is 1. The van der Waals surface area contributed by atoms with Gasteiger partial charge in [0.15, 0.2) is 0 Å². The van der Waals surface area contributed by atoms with Crippen molar-refractivity contribution < 1.29 is 24.2 Å². The predicted octanol–water partition coefficient (Wildman–Crippen LogP) is 4.91. The third-order valence-electron chi connectivity index (χ3n) is 9.84. The van der Waals surface area contributed by atoms with Crippen molar-refractivity contribution in [2.75, 3.05) is 24.6 Å². The number of amides is 3. The van der Waals surface area contributed by atoms with E-state index in [-0.39, 0.29) is 37.4 Å². The largest absolute Gasteiger partial charge is 0.394 e. The molecule has 44 heavy (non-hydrogen) atoms. The highest BCUT2D eigenvalue weighted by molar-refractivity contribution is 6.03. The normalized spacial score (nSPS) is 28.0. The standard InChI is InChI=1S/C36H45N3O5/c1-7-22-37(26-18-14-11-15-19-26)31(41)28-29-32(42)39(27(24-40)25-16-12-10-13-17-25)30(33(43)38(23-8-2)34(4,5)6)36(29)21-20-35(28,9-3)44-36/h7-8,10-19,27-30,40H,1-2,9,20-24H2,3-6H3/t27-,28+,29+,30?,35-,36?/m1/s1. The van der Waals surface area contributed by atoms with Crippen molar-refractivity contribution in [3.63, 3.8) is 0 Å². The summed E-state index contributed by atoms with van der Waals surface area (Å²) in [7, 11) is 0. The molecule has 8 heteroatoms. The minimum absolute atomic E-state index is 0.218. The lowest BCUT2D eigenvalue weighted by Gasteiger charge is -2.43. The van der Waals surface area contributed by atoms with Crippen LogP contribution in [-0.4, -0.2) is 75.1 Å². The van der Waals surface area contributed by atoms with Gasteiger partial charge in [0.25, 0.3) is 0 Å². The number of aliphatic hydroxyl groups is 1. The Morgan fingerprint density at radius 1 is 1.02 bits per heavy atom. The highest BCUT2D eigenvalue weighted by Gasteiger charge is 2.79. The van der Waals surface area contributed by atoms with Crippen LogP contribution in [0, 0.1) is 11.8 Å². The van der Waals surface area contributed by atoms with Crippen LogP contribution in [0.2, 0.25) is 0 Å². The van der Waals surface area contributed by atoms with Gasteiger partial charge < -0.3 is 24.5 Å². The fourth-order valence-corrected chi connectivity index (χ4v) is 7.87. The molecule has 3 saturated heterocycles. The Balaban J connectivity index is 1.69. The SMILES string of the molecule is C=CCN(C(=O)[C@@H]1[C@H]2C(=O)N([C@H](CO)c3ccccc3)C(C(=O)N(CC=C)C(C)(C)C)C23CC[C@@]1(CC)O3)c1ccccc1. The lowest BCUT2D eigenvalue weighted by molar-refractivity contribution is -0.159. The molecule has 234 valence electrons. The molecule has 3 aliphatic rings. The van der Waals surface area contributed by atoms with Gasteiger partial charge in [0.2, 0.25) is 17.7 Å². The summed E-state index contributed by atoms with van der Waals surface area (Å²) in [5.74, 6) is -2.53. The summed E-state index contributed by atoms with van der Waals surface area (Å²) >= 11 is 0. The van der Waals surface area contributed by atoms with Crippen LogP contribution in [0.5, 0.6) is 0 Å². The molecule has 8 nitrogen and oxygen atoms in total. The van der Waals surface area contributed by atoms with Gasteiger partial charge in [0, 0.05) is 24.3 Å². The maximum Gasteiger partial charge on any atom is 0.249 e. The Morgan fingerprint density at radius 3 is 2.18 bits per heavy atom. The van der Waals surface area contributed by atoms with Crippen LogP contribution in [0.1, 0.15) is 58.6 Å². The first kappa shape index (κ1) is 31.7. The minimum atomic E-state index is -1.23. The Kier molecular flexibility index (Phi) is 8.62. The van der Waals surface area contributed by atoms with E-state index in [9.17, 15) is 19.5 Å². The van der Waals surface area contributed by atoms with E-state index in [1.807, 2.05) is 88.4 Å². The molecule has 3 heterocycles. The number of carbonyl (C=O) groups is 3. The molecule has 1 spiro atoms. The molecule has 6 atom stereocenters. The number of hydrogen-bond acceptors (Lipinski definition) is 5. The number of benzene rings is 2. The summed E-state index contributed by atoms with van der Waals surface area (Å²) in [6.07, 6.45) is 4.88. The molecule has 3 fully saturated rings. The number of hydrogen-bond donors (Lipinski definition) is 1. The van der Waals surface area contributed by atoms with Crippen LogP contribution in [-0.2, 0) is 19.1 Å². The maximum absolute atomic E-state index is 14.9. The molecule has 2 unspecified atom stereocenters. The molecule has 0 aliphatic carbocycles. The van der Waals surface area contributed by atoms with Gasteiger partial charge in [-0.2, -0.15) is 0 Å². The zero-order valence-corrected chi connectivity index (χ0v) is 26.3. The zero-order valence-electron chi connectivity index (χ0n) is 26.3. The van der Waals surface area contributed by atoms with E-state index in [0.29, 0.717) is 30.5 Å². The first-order chi connectivity index (χ1) is 21.0. The van der Waals surface area contributed by atoms with Crippen LogP contribution >= 0.6 is 0 Å². The summed E-state index contributed by atoms with van der Waals surface area (Å²) in [6, 6.07) is 16.8. The van der Waals surface area contributed by atoms with E-state index in [1.54, 1.807) is 22.0 Å². The topological polar surface area (TPSA) is 90.4 Å². The second-order valence-electron chi connectivity index (χ2n) is 13.2. The molecule has 0 saturated carbocycles. The third-order valence-corrected chi connectivity index (χ3v) is 9.84. The van der Waals surface area contributed by atoms with Gasteiger partial charge in [-0.25, -0.2) is 0 Å². The van der Waals surface area contributed by atoms with Crippen LogP contribution in [0.4, 0.5) is 5.69 Å². The van der Waals surface area contributed by atoms with Crippen molar-refractivity contribution in [1.29, 1.82) is 0 Å². The highest BCUT2D eigenvalue weighted by Crippen LogP contribution is 2.65. The first-order valence-corrected chi connectivity index (χ1v) is 15.6. The molecule has 2 aromatic rings. The molecule has 0 radical (unpaired) electrons. The van der Waals surface area contributed by atoms with Crippen LogP contribution in [0.25, 0.3) is 0 Å². The quantitative estimate of drug-likeness (QED) is 0.371. The van der Waals surface area contributed by atoms with Gasteiger partial charge in [-0.05, 0) is 57.7 Å². The average Bonchev–Trinajstić information content (AvgIpc) is 3.62. The first-order valence-electron chi connectivity index (χ1n) is 15.6. The number of anilines is 1. The Morgan fingerprint density at radius 2 is 1.64 bits per heavy atom. The van der Waals surface area contributed by atoms with Crippen molar-refractivity contribution in [1.82, 2.24) is 9.80 Å². The minimum Gasteiger partial charge on any atom is -0.394 e. The Labute approximate surface area is 261 Å². The second-order valence-corrected chi connectivity index (χ2v) is 13.2. The van der Waals surface area contributed by atoms with E-state index < -0.39 is 40.7 Å². The molecule has 1 N–H and O–H groups in total. The maximum atomic E-state index is 14.9. The van der Waals surface area contributed by atoms with Crippen molar-refractivity contribution in [3.8, 4) is 0 Å². The number of nitrogens with zero attached hydrogens (tertiary/aromatic N) is 3. The number of ether oxygens (including phenoxy) is 1. The number of likely N-dealkylation sites (tertiary alicyclic amines) is 1. The molecule has 0 aromatic heterocycles. The third kappa shape index (κ3) is 4.88. The summed E-state index contributed by atoms with van der Waals surface area (Å²) in [5, 5.41) is 10.8. The number of fused-ring (bicyclic) bond motifs is 1. The van der Waals surface area contributed by atoms with Crippen LogP contribution in [0.3, 0.4) is 0 Å². The molecule has 3 amide bonds. The molecular formula is C36H45N3O5. The van der Waals surface area contributed by atoms with Crippen LogP contribution in [0.15, 0.2) is 86.0 Å². The molecule has 3 aliphatic heterocycles. The number of rotatable bonds is 11. The van der Waals surface area contributed by atoms with Crippen molar-refractivity contribution in [2.45, 2.75) is 75.8 Å². The molecule has 2 aromatic carbocycles. The van der Waals surface area contributed by atoms with E-state index in [1.165, 1.54) is 4.90 Å². The van der Waals surface area contributed by atoms with E-state index in [4.69, 9.17) is 4.74 Å². The number of aliphatic hydroxyl groups excluding tert-OH is 1. The van der Waals surface area contributed by atoms with E-state index >= 15 is 0 Å². The fourth-order valence-electron chi connectivity index (χ4n) is 7.87. The zero-order chi connectivity index (χ0) is 31.9. The fraction of sp³-hybridized carbons (Fsp3) is 0.472. The summed E-state index contributed by atoms with van der Waals surface area (Å²) in [5.41, 5.74) is -1.30.